The van der Waals surface area contributed by atoms with E-state index in [4.69, 9.17) is 4.74 Å². The van der Waals surface area contributed by atoms with E-state index in [-0.39, 0.29) is 11.4 Å². The molecule has 2 heterocycles. The van der Waals surface area contributed by atoms with Gasteiger partial charge in [0.05, 0.1) is 17.5 Å². The van der Waals surface area contributed by atoms with Crippen LogP contribution in [0.2, 0.25) is 0 Å². The third-order valence-corrected chi connectivity index (χ3v) is 5.54. The summed E-state index contributed by atoms with van der Waals surface area (Å²) < 4.78 is 22.2. The number of ether oxygens (including phenoxy) is 1. The molecule has 8 heteroatoms. The van der Waals surface area contributed by atoms with Gasteiger partial charge >= 0.3 is 0 Å². The van der Waals surface area contributed by atoms with Crippen LogP contribution in [0, 0.1) is 5.82 Å². The molecule has 0 saturated heterocycles. The van der Waals surface area contributed by atoms with E-state index in [2.05, 4.69) is 10.2 Å². The molecule has 0 bridgehead atoms. The lowest BCUT2D eigenvalue weighted by atomic mass is 10.2. The van der Waals surface area contributed by atoms with E-state index in [1.807, 2.05) is 35.6 Å². The van der Waals surface area contributed by atoms with Gasteiger partial charge in [-0.05, 0) is 49.2 Å². The summed E-state index contributed by atoms with van der Waals surface area (Å²) in [6.45, 7) is 3.16. The molecule has 4 rings (SSSR count). The van der Waals surface area contributed by atoms with Crippen LogP contribution in [0.5, 0.6) is 5.75 Å². The molecular formula is C21H21FN4O2S. The topological polar surface area (TPSA) is 61.4 Å². The van der Waals surface area contributed by atoms with Crippen molar-refractivity contribution in [3.63, 3.8) is 0 Å². The number of para-hydroxylation sites is 1. The molecule has 29 heavy (non-hydrogen) atoms. The van der Waals surface area contributed by atoms with Crippen molar-refractivity contribution in [2.24, 2.45) is 0 Å². The van der Waals surface area contributed by atoms with Gasteiger partial charge in [-0.15, -0.1) is 10.2 Å². The molecule has 0 saturated carbocycles. The van der Waals surface area contributed by atoms with Crippen LogP contribution in [-0.2, 0) is 6.54 Å². The Morgan fingerprint density at radius 2 is 1.90 bits per heavy atom. The molecule has 0 aliphatic carbocycles. The molecule has 0 N–H and O–H groups in total. The van der Waals surface area contributed by atoms with Crippen LogP contribution in [-0.4, -0.2) is 31.5 Å². The predicted molar refractivity (Wildman–Crippen MR) is 112 cm³/mol. The van der Waals surface area contributed by atoms with Crippen molar-refractivity contribution >= 4 is 28.4 Å². The Labute approximate surface area is 171 Å². The fourth-order valence-electron chi connectivity index (χ4n) is 3.20. The van der Waals surface area contributed by atoms with Gasteiger partial charge in [0.2, 0.25) is 5.78 Å². The molecule has 2 aromatic carbocycles. The van der Waals surface area contributed by atoms with Crippen molar-refractivity contribution < 1.29 is 9.13 Å². The first kappa shape index (κ1) is 19.4. The van der Waals surface area contributed by atoms with E-state index in [9.17, 15) is 9.18 Å². The van der Waals surface area contributed by atoms with Gasteiger partial charge in [0.25, 0.3) is 5.56 Å². The summed E-state index contributed by atoms with van der Waals surface area (Å²) in [7, 11) is 0. The highest BCUT2D eigenvalue weighted by molar-refractivity contribution is 7.99. The number of nitrogens with zero attached hydrogens (tertiary/aromatic N) is 4. The van der Waals surface area contributed by atoms with E-state index in [0.717, 1.165) is 29.3 Å². The van der Waals surface area contributed by atoms with Gasteiger partial charge in [-0.25, -0.2) is 4.39 Å². The minimum atomic E-state index is -0.277. The number of halogens is 1. The molecule has 150 valence electrons. The second-order valence-electron chi connectivity index (χ2n) is 6.60. The monoisotopic (exact) mass is 412 g/mol. The summed E-state index contributed by atoms with van der Waals surface area (Å²) in [5.41, 5.74) is 0.779. The van der Waals surface area contributed by atoms with Gasteiger partial charge < -0.3 is 4.74 Å². The van der Waals surface area contributed by atoms with E-state index >= 15 is 0 Å². The van der Waals surface area contributed by atoms with Crippen LogP contribution in [0.25, 0.3) is 16.7 Å². The molecule has 0 atom stereocenters. The number of aryl methyl sites for hydroxylation is 1. The first-order chi connectivity index (χ1) is 14.2. The Morgan fingerprint density at radius 1 is 1.10 bits per heavy atom. The van der Waals surface area contributed by atoms with Crippen LogP contribution < -0.4 is 10.3 Å². The summed E-state index contributed by atoms with van der Waals surface area (Å²) in [5, 5.41) is 10.0. The van der Waals surface area contributed by atoms with Gasteiger partial charge in [0.1, 0.15) is 11.6 Å². The highest BCUT2D eigenvalue weighted by atomic mass is 32.2. The minimum Gasteiger partial charge on any atom is -0.494 e. The van der Waals surface area contributed by atoms with Gasteiger partial charge in [0.15, 0.2) is 5.16 Å². The molecular weight excluding hydrogens is 391 g/mol. The quantitative estimate of drug-likeness (QED) is 0.321. The molecule has 0 spiro atoms. The van der Waals surface area contributed by atoms with Crippen molar-refractivity contribution in [3.05, 3.63) is 64.7 Å². The van der Waals surface area contributed by atoms with Gasteiger partial charge in [-0.3, -0.25) is 13.8 Å². The average Bonchev–Trinajstić information content (AvgIpc) is 3.16. The molecule has 0 unspecified atom stereocenters. The number of fused-ring (bicyclic) bond motifs is 3. The van der Waals surface area contributed by atoms with Gasteiger partial charge in [-0.1, -0.05) is 30.8 Å². The zero-order valence-corrected chi connectivity index (χ0v) is 16.9. The lowest BCUT2D eigenvalue weighted by Gasteiger charge is -2.10. The Bertz CT molecular complexity index is 1190. The SMILES string of the molecule is CCCn1c(=O)c2ccccc2n2c(SCCCOc3ccc(F)cc3)nnc12. The predicted octanol–water partition coefficient (Wildman–Crippen LogP) is 4.15. The first-order valence-corrected chi connectivity index (χ1v) is 10.6. The normalized spacial score (nSPS) is 11.4. The van der Waals surface area contributed by atoms with Crippen LogP contribution in [0.15, 0.2) is 58.5 Å². The second-order valence-corrected chi connectivity index (χ2v) is 7.66. The van der Waals surface area contributed by atoms with E-state index in [0.29, 0.717) is 30.1 Å². The zero-order valence-electron chi connectivity index (χ0n) is 16.0. The van der Waals surface area contributed by atoms with Crippen molar-refractivity contribution in [2.45, 2.75) is 31.5 Å². The van der Waals surface area contributed by atoms with Gasteiger partial charge in [0, 0.05) is 12.3 Å². The molecule has 4 aromatic rings. The lowest BCUT2D eigenvalue weighted by molar-refractivity contribution is 0.318. The average molecular weight is 412 g/mol. The maximum Gasteiger partial charge on any atom is 0.262 e. The van der Waals surface area contributed by atoms with Crippen LogP contribution in [0.3, 0.4) is 0 Å². The highest BCUT2D eigenvalue weighted by Crippen LogP contribution is 2.22. The molecule has 0 aliphatic heterocycles. The van der Waals surface area contributed by atoms with Gasteiger partial charge in [-0.2, -0.15) is 0 Å². The Kier molecular flexibility index (Phi) is 5.80. The van der Waals surface area contributed by atoms with Crippen LogP contribution in [0.1, 0.15) is 19.8 Å². The smallest absolute Gasteiger partial charge is 0.262 e. The largest absolute Gasteiger partial charge is 0.494 e. The Balaban J connectivity index is 1.52. The fourth-order valence-corrected chi connectivity index (χ4v) is 4.05. The summed E-state index contributed by atoms with van der Waals surface area (Å²) in [4.78, 5) is 12.8. The van der Waals surface area contributed by atoms with Crippen molar-refractivity contribution in [3.8, 4) is 5.75 Å². The molecule has 0 aliphatic rings. The third-order valence-electron chi connectivity index (χ3n) is 4.53. The maximum absolute atomic E-state index is 12.9. The van der Waals surface area contributed by atoms with Crippen molar-refractivity contribution in [1.29, 1.82) is 0 Å². The van der Waals surface area contributed by atoms with E-state index < -0.39 is 0 Å². The molecule has 0 amide bonds. The number of thioether (sulfide) groups is 1. The number of aromatic nitrogens is 4. The number of hydrogen-bond acceptors (Lipinski definition) is 5. The summed E-state index contributed by atoms with van der Waals surface area (Å²) >= 11 is 1.58. The third kappa shape index (κ3) is 3.98. The highest BCUT2D eigenvalue weighted by Gasteiger charge is 2.16. The zero-order chi connectivity index (χ0) is 20.2. The summed E-state index contributed by atoms with van der Waals surface area (Å²) in [6, 6.07) is 13.5. The molecule has 0 fully saturated rings. The van der Waals surface area contributed by atoms with E-state index in [1.165, 1.54) is 12.1 Å². The second kappa shape index (κ2) is 8.65. The number of rotatable bonds is 8. The van der Waals surface area contributed by atoms with Crippen LogP contribution >= 0.6 is 11.8 Å². The summed E-state index contributed by atoms with van der Waals surface area (Å²) in [6.07, 6.45) is 1.63. The van der Waals surface area contributed by atoms with Crippen LogP contribution in [0.4, 0.5) is 4.39 Å². The van der Waals surface area contributed by atoms with Crippen molar-refractivity contribution in [2.75, 3.05) is 12.4 Å². The molecule has 0 radical (unpaired) electrons. The standard InChI is InChI=1S/C21H21FN4O2S/c1-2-12-25-19(27)17-6-3-4-7-18(17)26-20(25)23-24-21(26)29-14-5-13-28-16-10-8-15(22)9-11-16/h3-4,6-11H,2,5,12-14H2,1H3. The number of hydrogen-bond donors (Lipinski definition) is 0. The molecule has 2 aromatic heterocycles. The minimum absolute atomic E-state index is 0.0356. The van der Waals surface area contributed by atoms with E-state index in [1.54, 1.807) is 28.5 Å². The molecule has 6 nitrogen and oxygen atoms in total. The fraction of sp³-hybridized carbons (Fsp3) is 0.286. The Hall–Kier alpha value is -2.87. The van der Waals surface area contributed by atoms with Crippen molar-refractivity contribution in [1.82, 2.24) is 19.2 Å². The Morgan fingerprint density at radius 3 is 2.69 bits per heavy atom. The first-order valence-electron chi connectivity index (χ1n) is 9.57. The summed E-state index contributed by atoms with van der Waals surface area (Å²) in [5.74, 6) is 1.73. The lowest BCUT2D eigenvalue weighted by Crippen LogP contribution is -2.23. The number of benzene rings is 2. The maximum atomic E-state index is 12.9.